The van der Waals surface area contributed by atoms with Gasteiger partial charge in [-0.25, -0.2) is 0 Å². The lowest BCUT2D eigenvalue weighted by Gasteiger charge is -2.28. The summed E-state index contributed by atoms with van der Waals surface area (Å²) in [5.41, 5.74) is 22.9. The molecular weight excluding hydrogens is 783 g/mol. The number of benzene rings is 7. The number of rotatable bonds is 9. The second-order valence-corrected chi connectivity index (χ2v) is 20.9. The number of fused-ring (bicyclic) bond motifs is 3. The molecule has 11 rings (SSSR count). The van der Waals surface area contributed by atoms with Crippen LogP contribution in [0, 0.1) is 6.92 Å². The van der Waals surface area contributed by atoms with E-state index in [9.17, 15) is 0 Å². The van der Waals surface area contributed by atoms with Gasteiger partial charge in [0.05, 0.1) is 0 Å². The molecule has 3 fully saturated rings. The summed E-state index contributed by atoms with van der Waals surface area (Å²) >= 11 is 0. The van der Waals surface area contributed by atoms with Crippen LogP contribution in [0.2, 0.25) is 0 Å². The van der Waals surface area contributed by atoms with Crippen LogP contribution in [0.1, 0.15) is 161 Å². The number of hydrogen-bond acceptors (Lipinski definition) is 1. The molecule has 0 atom stereocenters. The standard InChI is InChI=1S/C64H67N/c1-44-38-52(55-41-53(46-18-9-5-10-19-46)40-54(42-55)47-20-11-6-12-21-47)30-36-59(44)49-28-33-57(34-29-49)65(58-35-37-61-60-24-13-14-25-62(60)64(2,3)63(61)43-58)56-31-26-48(27-32-56)51-23-15-22-50(39-51)45-16-7-4-8-17-45/h13-15,22-43,45-47H,4-12,16-21H2,1-3H3. The SMILES string of the molecule is Cc1cc(-c2cc(C3CCCCC3)cc(C3CCCCC3)c2)ccc1-c1ccc(N(c2ccc(-c3cccc(C4CCCCC4)c3)cc2)c2ccc3c(c2)C(C)(C)c2ccccc2-3)cc1. The van der Waals surface area contributed by atoms with Crippen molar-refractivity contribution >= 4 is 17.1 Å². The molecule has 0 heterocycles. The Hall–Kier alpha value is -5.66. The average molecular weight is 850 g/mol. The summed E-state index contributed by atoms with van der Waals surface area (Å²) in [6, 6.07) is 59.1. The molecule has 0 aromatic heterocycles. The van der Waals surface area contributed by atoms with E-state index < -0.39 is 0 Å². The molecule has 0 unspecified atom stereocenters. The van der Waals surface area contributed by atoms with Crippen molar-refractivity contribution in [3.63, 3.8) is 0 Å². The highest BCUT2D eigenvalue weighted by atomic mass is 15.1. The Morgan fingerprint density at radius 1 is 0.354 bits per heavy atom. The molecule has 0 spiro atoms. The van der Waals surface area contributed by atoms with Crippen LogP contribution in [0.25, 0.3) is 44.5 Å². The summed E-state index contributed by atoms with van der Waals surface area (Å²) in [6.45, 7) is 7.07. The van der Waals surface area contributed by atoms with E-state index in [2.05, 4.69) is 177 Å². The molecule has 7 aromatic rings. The number of aryl methyl sites for hydroxylation is 1. The first-order valence-corrected chi connectivity index (χ1v) is 25.5. The third-order valence-corrected chi connectivity index (χ3v) is 16.4. The number of nitrogens with zero attached hydrogens (tertiary/aromatic N) is 1. The lowest BCUT2D eigenvalue weighted by Crippen LogP contribution is -2.16. The Balaban J connectivity index is 0.925. The highest BCUT2D eigenvalue weighted by molar-refractivity contribution is 5.86. The topological polar surface area (TPSA) is 3.24 Å². The molecule has 3 saturated carbocycles. The van der Waals surface area contributed by atoms with Crippen molar-refractivity contribution in [3.05, 3.63) is 185 Å². The van der Waals surface area contributed by atoms with Crippen molar-refractivity contribution in [2.75, 3.05) is 4.90 Å². The van der Waals surface area contributed by atoms with Gasteiger partial charge in [0, 0.05) is 22.5 Å². The Kier molecular flexibility index (Phi) is 11.6. The first-order chi connectivity index (χ1) is 31.9. The van der Waals surface area contributed by atoms with Gasteiger partial charge in [-0.1, -0.05) is 187 Å². The molecule has 1 heteroatoms. The molecule has 0 radical (unpaired) electrons. The van der Waals surface area contributed by atoms with Crippen LogP contribution in [0.15, 0.2) is 152 Å². The van der Waals surface area contributed by atoms with Gasteiger partial charge in [0.2, 0.25) is 0 Å². The maximum atomic E-state index is 2.62. The summed E-state index contributed by atoms with van der Waals surface area (Å²) in [5, 5.41) is 0. The lowest BCUT2D eigenvalue weighted by atomic mass is 9.78. The van der Waals surface area contributed by atoms with Crippen molar-refractivity contribution in [3.8, 4) is 44.5 Å². The monoisotopic (exact) mass is 850 g/mol. The van der Waals surface area contributed by atoms with Crippen LogP contribution < -0.4 is 4.90 Å². The third-order valence-electron chi connectivity index (χ3n) is 16.4. The maximum absolute atomic E-state index is 2.62. The quantitative estimate of drug-likeness (QED) is 0.140. The zero-order chi connectivity index (χ0) is 43.9. The van der Waals surface area contributed by atoms with Gasteiger partial charge in [-0.2, -0.15) is 0 Å². The first kappa shape index (κ1) is 42.0. The van der Waals surface area contributed by atoms with Gasteiger partial charge in [0.15, 0.2) is 0 Å². The number of anilines is 3. The molecule has 0 aliphatic heterocycles. The van der Waals surface area contributed by atoms with E-state index in [0.29, 0.717) is 17.8 Å². The normalized spacial score (nSPS) is 17.7. The Bertz CT molecular complexity index is 2750. The molecule has 0 amide bonds. The van der Waals surface area contributed by atoms with E-state index in [-0.39, 0.29) is 5.41 Å². The minimum absolute atomic E-state index is 0.0804. The minimum atomic E-state index is -0.0804. The van der Waals surface area contributed by atoms with Crippen molar-refractivity contribution in [1.29, 1.82) is 0 Å². The fraction of sp³-hybridized carbons (Fsp3) is 0.344. The molecule has 65 heavy (non-hydrogen) atoms. The van der Waals surface area contributed by atoms with E-state index in [1.165, 1.54) is 174 Å². The molecule has 7 aromatic carbocycles. The van der Waals surface area contributed by atoms with Crippen LogP contribution in [-0.4, -0.2) is 0 Å². The fourth-order valence-electron chi connectivity index (χ4n) is 12.6. The average Bonchev–Trinajstić information content (AvgIpc) is 3.60. The molecular formula is C64H67N. The van der Waals surface area contributed by atoms with Gasteiger partial charge in [-0.3, -0.25) is 0 Å². The smallest absolute Gasteiger partial charge is 0.0465 e. The van der Waals surface area contributed by atoms with Gasteiger partial charge < -0.3 is 4.90 Å². The molecule has 0 saturated heterocycles. The summed E-state index contributed by atoms with van der Waals surface area (Å²) < 4.78 is 0. The van der Waals surface area contributed by atoms with Gasteiger partial charge in [-0.05, 0) is 177 Å². The first-order valence-electron chi connectivity index (χ1n) is 25.5. The fourth-order valence-corrected chi connectivity index (χ4v) is 12.6. The summed E-state index contributed by atoms with van der Waals surface area (Å²) in [4.78, 5) is 2.46. The highest BCUT2D eigenvalue weighted by Crippen LogP contribution is 2.51. The minimum Gasteiger partial charge on any atom is -0.310 e. The Morgan fingerprint density at radius 3 is 1.46 bits per heavy atom. The molecule has 328 valence electrons. The summed E-state index contributed by atoms with van der Waals surface area (Å²) in [6.07, 6.45) is 20.4. The zero-order valence-electron chi connectivity index (χ0n) is 39.2. The predicted molar refractivity (Wildman–Crippen MR) is 277 cm³/mol. The van der Waals surface area contributed by atoms with Crippen LogP contribution >= 0.6 is 0 Å². The lowest BCUT2D eigenvalue weighted by molar-refractivity contribution is 0.435. The second-order valence-electron chi connectivity index (χ2n) is 20.9. The van der Waals surface area contributed by atoms with E-state index in [1.807, 2.05) is 0 Å². The van der Waals surface area contributed by atoms with Gasteiger partial charge in [0.25, 0.3) is 0 Å². The zero-order valence-corrected chi connectivity index (χ0v) is 39.2. The molecule has 4 aliphatic carbocycles. The summed E-state index contributed by atoms with van der Waals surface area (Å²) in [5.74, 6) is 2.12. The van der Waals surface area contributed by atoms with E-state index in [1.54, 1.807) is 11.1 Å². The highest BCUT2D eigenvalue weighted by Gasteiger charge is 2.36. The summed E-state index contributed by atoms with van der Waals surface area (Å²) in [7, 11) is 0. The second kappa shape index (κ2) is 18.0. The third kappa shape index (κ3) is 8.30. The van der Waals surface area contributed by atoms with Crippen molar-refractivity contribution in [2.24, 2.45) is 0 Å². The van der Waals surface area contributed by atoms with Crippen molar-refractivity contribution in [2.45, 2.75) is 140 Å². The van der Waals surface area contributed by atoms with Gasteiger partial charge >= 0.3 is 0 Å². The van der Waals surface area contributed by atoms with E-state index in [4.69, 9.17) is 0 Å². The maximum Gasteiger partial charge on any atom is 0.0465 e. The van der Waals surface area contributed by atoms with Crippen LogP contribution in [0.3, 0.4) is 0 Å². The molecule has 0 N–H and O–H groups in total. The van der Waals surface area contributed by atoms with E-state index >= 15 is 0 Å². The van der Waals surface area contributed by atoms with E-state index in [0.717, 1.165) is 5.69 Å². The molecule has 4 aliphatic rings. The Morgan fingerprint density at radius 2 is 0.846 bits per heavy atom. The molecule has 1 nitrogen and oxygen atoms in total. The predicted octanol–water partition coefficient (Wildman–Crippen LogP) is 18.9. The van der Waals surface area contributed by atoms with Gasteiger partial charge in [-0.15, -0.1) is 0 Å². The van der Waals surface area contributed by atoms with Crippen molar-refractivity contribution in [1.82, 2.24) is 0 Å². The van der Waals surface area contributed by atoms with Crippen LogP contribution in [-0.2, 0) is 5.41 Å². The van der Waals surface area contributed by atoms with Gasteiger partial charge in [0.1, 0.15) is 0 Å². The number of hydrogen-bond donors (Lipinski definition) is 0. The van der Waals surface area contributed by atoms with Crippen molar-refractivity contribution < 1.29 is 0 Å². The van der Waals surface area contributed by atoms with Crippen LogP contribution in [0.5, 0.6) is 0 Å². The van der Waals surface area contributed by atoms with Crippen LogP contribution in [0.4, 0.5) is 17.1 Å². The largest absolute Gasteiger partial charge is 0.310 e. The molecule has 0 bridgehead atoms. The Labute approximate surface area is 390 Å².